The number of carbonyl (C=O) groups excluding carboxylic acids is 1. The van der Waals surface area contributed by atoms with Crippen LogP contribution in [0.4, 0.5) is 0 Å². The van der Waals surface area contributed by atoms with Gasteiger partial charge >= 0.3 is 0 Å². The van der Waals surface area contributed by atoms with E-state index in [9.17, 15) is 4.79 Å². The van der Waals surface area contributed by atoms with Crippen molar-refractivity contribution in [1.82, 2.24) is 4.90 Å². The number of amides is 1. The summed E-state index contributed by atoms with van der Waals surface area (Å²) < 4.78 is 5.54. The molecule has 2 aromatic rings. The zero-order valence-electron chi connectivity index (χ0n) is 13.9. The van der Waals surface area contributed by atoms with Crippen LogP contribution in [0.1, 0.15) is 40.7 Å². The number of aryl methyl sites for hydroxylation is 1. The van der Waals surface area contributed by atoms with Crippen molar-refractivity contribution in [2.75, 3.05) is 13.2 Å². The summed E-state index contributed by atoms with van der Waals surface area (Å²) in [4.78, 5) is 15.0. The summed E-state index contributed by atoms with van der Waals surface area (Å²) in [6.45, 7) is 1.61. The molecule has 0 N–H and O–H groups in total. The number of fused-ring (bicyclic) bond motifs is 1. The van der Waals surface area contributed by atoms with Gasteiger partial charge in [0.2, 0.25) is 0 Å². The third-order valence-electron chi connectivity index (χ3n) is 5.18. The van der Waals surface area contributed by atoms with E-state index in [1.807, 2.05) is 24.3 Å². The van der Waals surface area contributed by atoms with Crippen LogP contribution < -0.4 is 4.74 Å². The molecule has 24 heavy (non-hydrogen) atoms. The molecule has 2 heterocycles. The average Bonchev–Trinajstić information content (AvgIpc) is 3.28. The summed E-state index contributed by atoms with van der Waals surface area (Å²) in [5, 5.41) is 0. The molecule has 0 aliphatic carbocycles. The van der Waals surface area contributed by atoms with Crippen LogP contribution >= 0.6 is 0 Å². The molecule has 124 valence electrons. The Morgan fingerprint density at radius 1 is 1.17 bits per heavy atom. The predicted molar refractivity (Wildman–Crippen MR) is 94.5 cm³/mol. The largest absolute Gasteiger partial charge is 0.493 e. The zero-order chi connectivity index (χ0) is 16.4. The van der Waals surface area contributed by atoms with E-state index in [2.05, 4.69) is 29.2 Å². The number of benzene rings is 2. The first-order valence-electron chi connectivity index (χ1n) is 8.92. The summed E-state index contributed by atoms with van der Waals surface area (Å²) in [6, 6.07) is 16.8. The second-order valence-corrected chi connectivity index (χ2v) is 6.74. The van der Waals surface area contributed by atoms with Crippen LogP contribution in [0.3, 0.4) is 0 Å². The molecular weight excluding hydrogens is 298 g/mol. The van der Waals surface area contributed by atoms with Crippen molar-refractivity contribution < 1.29 is 9.53 Å². The third kappa shape index (κ3) is 3.03. The number of carbonyl (C=O) groups is 1. The highest BCUT2D eigenvalue weighted by atomic mass is 16.5. The molecule has 1 atom stereocenters. The van der Waals surface area contributed by atoms with E-state index < -0.39 is 0 Å². The van der Waals surface area contributed by atoms with Crippen molar-refractivity contribution >= 4 is 5.91 Å². The number of hydrogen-bond acceptors (Lipinski definition) is 2. The first-order chi connectivity index (χ1) is 11.8. The highest BCUT2D eigenvalue weighted by Gasteiger charge is 2.29. The molecule has 0 radical (unpaired) electrons. The summed E-state index contributed by atoms with van der Waals surface area (Å²) in [5.41, 5.74) is 3.33. The molecule has 2 aromatic carbocycles. The Balaban J connectivity index is 1.45. The Bertz CT molecular complexity index is 726. The number of hydrogen-bond donors (Lipinski definition) is 0. The Morgan fingerprint density at radius 3 is 2.92 bits per heavy atom. The monoisotopic (exact) mass is 321 g/mol. The van der Waals surface area contributed by atoms with Crippen LogP contribution in [-0.4, -0.2) is 30.0 Å². The van der Waals surface area contributed by atoms with Crippen LogP contribution in [0.25, 0.3) is 0 Å². The number of likely N-dealkylation sites (tertiary alicyclic amines) is 1. The number of nitrogens with zero attached hydrogens (tertiary/aromatic N) is 1. The molecule has 0 saturated carbocycles. The van der Waals surface area contributed by atoms with E-state index in [0.29, 0.717) is 6.04 Å². The fourth-order valence-corrected chi connectivity index (χ4v) is 3.87. The van der Waals surface area contributed by atoms with Gasteiger partial charge in [0.1, 0.15) is 5.75 Å². The van der Waals surface area contributed by atoms with E-state index in [4.69, 9.17) is 4.74 Å². The van der Waals surface area contributed by atoms with Gasteiger partial charge in [0.05, 0.1) is 6.61 Å². The Labute approximate surface area is 143 Å². The molecule has 4 rings (SSSR count). The average molecular weight is 321 g/mol. The maximum absolute atomic E-state index is 13.0. The fourth-order valence-electron chi connectivity index (χ4n) is 3.87. The minimum absolute atomic E-state index is 0.181. The van der Waals surface area contributed by atoms with Gasteiger partial charge in [-0.3, -0.25) is 4.79 Å². The Hall–Kier alpha value is -2.29. The standard InChI is InChI=1S/C21H23NO2/c23-21(18-9-11-20-17(15-18)12-14-24-20)22-13-4-7-19(22)10-8-16-5-2-1-3-6-16/h1-3,5-6,9,11,15,19H,4,7-8,10,12-14H2. The molecule has 1 unspecified atom stereocenters. The highest BCUT2D eigenvalue weighted by molar-refractivity contribution is 5.95. The lowest BCUT2D eigenvalue weighted by atomic mass is 10.0. The van der Waals surface area contributed by atoms with Crippen LogP contribution in [-0.2, 0) is 12.8 Å². The second-order valence-electron chi connectivity index (χ2n) is 6.74. The highest BCUT2D eigenvalue weighted by Crippen LogP contribution is 2.28. The van der Waals surface area contributed by atoms with Gasteiger partial charge < -0.3 is 9.64 Å². The van der Waals surface area contributed by atoms with Gasteiger partial charge in [0, 0.05) is 24.6 Å². The molecule has 3 heteroatoms. The Morgan fingerprint density at radius 2 is 2.04 bits per heavy atom. The van der Waals surface area contributed by atoms with Crippen LogP contribution in [0, 0.1) is 0 Å². The number of rotatable bonds is 4. The summed E-state index contributed by atoms with van der Waals surface area (Å²) in [5.74, 6) is 1.12. The molecule has 2 aliphatic rings. The lowest BCUT2D eigenvalue weighted by molar-refractivity contribution is 0.0730. The van der Waals surface area contributed by atoms with Crippen LogP contribution in [0.15, 0.2) is 48.5 Å². The maximum atomic E-state index is 13.0. The summed E-state index contributed by atoms with van der Waals surface area (Å²) >= 11 is 0. The minimum Gasteiger partial charge on any atom is -0.493 e. The topological polar surface area (TPSA) is 29.5 Å². The van der Waals surface area contributed by atoms with Gasteiger partial charge in [-0.1, -0.05) is 30.3 Å². The van der Waals surface area contributed by atoms with Gasteiger partial charge in [-0.2, -0.15) is 0 Å². The normalized spacial score (nSPS) is 19.2. The zero-order valence-corrected chi connectivity index (χ0v) is 13.9. The third-order valence-corrected chi connectivity index (χ3v) is 5.18. The summed E-state index contributed by atoms with van der Waals surface area (Å²) in [7, 11) is 0. The van der Waals surface area contributed by atoms with E-state index >= 15 is 0 Å². The molecule has 0 spiro atoms. The smallest absolute Gasteiger partial charge is 0.254 e. The first-order valence-corrected chi connectivity index (χ1v) is 8.92. The van der Waals surface area contributed by atoms with Crippen molar-refractivity contribution in [3.8, 4) is 5.75 Å². The molecule has 0 bridgehead atoms. The van der Waals surface area contributed by atoms with Gasteiger partial charge in [-0.25, -0.2) is 0 Å². The maximum Gasteiger partial charge on any atom is 0.254 e. The van der Waals surface area contributed by atoms with Crippen molar-refractivity contribution in [2.24, 2.45) is 0 Å². The van der Waals surface area contributed by atoms with Gasteiger partial charge in [-0.05, 0) is 55.0 Å². The van der Waals surface area contributed by atoms with Gasteiger partial charge in [0.25, 0.3) is 5.91 Å². The van der Waals surface area contributed by atoms with E-state index in [0.717, 1.165) is 56.6 Å². The van der Waals surface area contributed by atoms with Gasteiger partial charge in [0.15, 0.2) is 0 Å². The molecule has 2 aliphatic heterocycles. The predicted octanol–water partition coefficient (Wildman–Crippen LogP) is 3.86. The van der Waals surface area contributed by atoms with Crippen LogP contribution in [0.5, 0.6) is 5.75 Å². The molecule has 1 fully saturated rings. The van der Waals surface area contributed by atoms with E-state index in [1.165, 1.54) is 11.1 Å². The SMILES string of the molecule is O=C(c1ccc2c(c1)CCO2)N1CCCC1CCc1ccccc1. The number of ether oxygens (including phenoxy) is 1. The first kappa shape index (κ1) is 15.3. The second kappa shape index (κ2) is 6.68. The van der Waals surface area contributed by atoms with Crippen molar-refractivity contribution in [1.29, 1.82) is 0 Å². The van der Waals surface area contributed by atoms with E-state index in [-0.39, 0.29) is 5.91 Å². The quantitative estimate of drug-likeness (QED) is 0.856. The van der Waals surface area contributed by atoms with E-state index in [1.54, 1.807) is 0 Å². The Kier molecular flexibility index (Phi) is 4.24. The molecular formula is C21H23NO2. The van der Waals surface area contributed by atoms with Crippen molar-refractivity contribution in [3.63, 3.8) is 0 Å². The molecule has 1 saturated heterocycles. The lowest BCUT2D eigenvalue weighted by Gasteiger charge is -2.25. The lowest BCUT2D eigenvalue weighted by Crippen LogP contribution is -2.35. The van der Waals surface area contributed by atoms with Crippen molar-refractivity contribution in [3.05, 3.63) is 65.2 Å². The molecule has 0 aromatic heterocycles. The fraction of sp³-hybridized carbons (Fsp3) is 0.381. The summed E-state index contributed by atoms with van der Waals surface area (Å²) in [6.07, 6.45) is 5.22. The molecule has 1 amide bonds. The van der Waals surface area contributed by atoms with Crippen molar-refractivity contribution in [2.45, 2.75) is 38.1 Å². The molecule has 3 nitrogen and oxygen atoms in total. The van der Waals surface area contributed by atoms with Crippen LogP contribution in [0.2, 0.25) is 0 Å². The minimum atomic E-state index is 0.181. The van der Waals surface area contributed by atoms with Gasteiger partial charge in [-0.15, -0.1) is 0 Å².